The fourth-order valence-electron chi connectivity index (χ4n) is 0.767. The minimum absolute atomic E-state index is 0.860. The van der Waals surface area contributed by atoms with Gasteiger partial charge >= 0.3 is 0 Å². The lowest BCUT2D eigenvalue weighted by molar-refractivity contribution is 0.203. The van der Waals surface area contributed by atoms with Gasteiger partial charge in [-0.1, -0.05) is 18.2 Å². The van der Waals surface area contributed by atoms with E-state index in [1.807, 2.05) is 30.3 Å². The number of hydrogen-bond acceptors (Lipinski definition) is 3. The van der Waals surface area contributed by atoms with Crippen LogP contribution in [-0.2, 0) is 0 Å². The summed E-state index contributed by atoms with van der Waals surface area (Å²) in [7, 11) is 0. The predicted octanol–water partition coefficient (Wildman–Crippen LogP) is 1.93. The Bertz CT molecular complexity index is 203. The molecule has 1 aromatic rings. The van der Waals surface area contributed by atoms with Crippen LogP contribution in [0.15, 0.2) is 30.3 Å². The number of rotatable bonds is 5. The highest BCUT2D eigenvalue weighted by Crippen LogP contribution is 2.06. The van der Waals surface area contributed by atoms with Crippen LogP contribution < -0.4 is 10.3 Å². The highest BCUT2D eigenvalue weighted by molar-refractivity contribution is 7.98. The van der Waals surface area contributed by atoms with Crippen molar-refractivity contribution in [2.45, 2.75) is 0 Å². The maximum absolute atomic E-state index is 5.24. The molecule has 66 valence electrons. The van der Waals surface area contributed by atoms with Gasteiger partial charge in [-0.25, -0.2) is 0 Å². The molecule has 0 aromatic heterocycles. The van der Waals surface area contributed by atoms with Crippen LogP contribution in [0, 0.1) is 0 Å². The van der Waals surface area contributed by atoms with Crippen molar-refractivity contribution < 1.29 is 4.84 Å². The molecule has 1 rings (SSSR count). The normalized spacial score (nSPS) is 9.75. The Balaban J connectivity index is 2.16. The molecule has 0 atom stereocenters. The van der Waals surface area contributed by atoms with Gasteiger partial charge in [-0.15, -0.1) is 0 Å². The number of hydrogen-bond donors (Lipinski definition) is 1. The molecule has 0 saturated heterocycles. The van der Waals surface area contributed by atoms with Crippen LogP contribution in [0.3, 0.4) is 0 Å². The van der Waals surface area contributed by atoms with Crippen molar-refractivity contribution in [3.05, 3.63) is 30.3 Å². The fourth-order valence-corrected chi connectivity index (χ4v) is 1.05. The second-order valence-electron chi connectivity index (χ2n) is 2.30. The lowest BCUT2D eigenvalue weighted by Crippen LogP contribution is -2.21. The largest absolute Gasteiger partial charge is 0.409 e. The predicted molar refractivity (Wildman–Crippen MR) is 53.5 cm³/mol. The van der Waals surface area contributed by atoms with Gasteiger partial charge in [-0.05, 0) is 18.4 Å². The van der Waals surface area contributed by atoms with Crippen molar-refractivity contribution in [1.82, 2.24) is 5.48 Å². The monoisotopic (exact) mass is 183 g/mol. The first kappa shape index (κ1) is 9.42. The molecule has 0 unspecified atom stereocenters. The van der Waals surface area contributed by atoms with E-state index >= 15 is 0 Å². The standard InChI is InChI=1S/C9H13NOS/c1-12-8-7-10-11-9-5-3-2-4-6-9/h2-6,10H,7-8H2,1H3. The smallest absolute Gasteiger partial charge is 0.147 e. The third-order valence-electron chi connectivity index (χ3n) is 1.34. The van der Waals surface area contributed by atoms with Crippen LogP contribution in [0.5, 0.6) is 5.75 Å². The molecule has 0 saturated carbocycles. The van der Waals surface area contributed by atoms with E-state index in [0.29, 0.717) is 0 Å². The summed E-state index contributed by atoms with van der Waals surface area (Å²) in [6.07, 6.45) is 2.07. The van der Waals surface area contributed by atoms with Crippen molar-refractivity contribution in [2.24, 2.45) is 0 Å². The van der Waals surface area contributed by atoms with Crippen molar-refractivity contribution >= 4 is 11.8 Å². The summed E-state index contributed by atoms with van der Waals surface area (Å²) in [6, 6.07) is 9.71. The van der Waals surface area contributed by atoms with Crippen LogP contribution >= 0.6 is 11.8 Å². The summed E-state index contributed by atoms with van der Waals surface area (Å²) in [4.78, 5) is 5.24. The molecule has 0 amide bonds. The quantitative estimate of drug-likeness (QED) is 0.557. The van der Waals surface area contributed by atoms with E-state index in [4.69, 9.17) is 4.84 Å². The Labute approximate surface area is 77.3 Å². The van der Waals surface area contributed by atoms with E-state index in [-0.39, 0.29) is 0 Å². The molecule has 3 heteroatoms. The topological polar surface area (TPSA) is 21.3 Å². The average Bonchev–Trinajstić information content (AvgIpc) is 2.14. The van der Waals surface area contributed by atoms with Crippen LogP contribution in [0.1, 0.15) is 0 Å². The Morgan fingerprint density at radius 3 is 2.75 bits per heavy atom. The molecule has 0 radical (unpaired) electrons. The lowest BCUT2D eigenvalue weighted by atomic mass is 10.3. The summed E-state index contributed by atoms with van der Waals surface area (Å²) in [5, 5.41) is 0. The third-order valence-corrected chi connectivity index (χ3v) is 1.95. The Morgan fingerprint density at radius 2 is 2.08 bits per heavy atom. The van der Waals surface area contributed by atoms with Gasteiger partial charge in [0, 0.05) is 12.3 Å². The Kier molecular flexibility index (Phi) is 4.64. The van der Waals surface area contributed by atoms with Gasteiger partial charge in [0.15, 0.2) is 0 Å². The number of nitrogens with one attached hydrogen (secondary N) is 1. The van der Waals surface area contributed by atoms with E-state index in [2.05, 4.69) is 11.7 Å². The molecule has 0 spiro atoms. The third kappa shape index (κ3) is 3.64. The number of para-hydroxylation sites is 1. The second-order valence-corrected chi connectivity index (χ2v) is 3.29. The number of thioether (sulfide) groups is 1. The average molecular weight is 183 g/mol. The number of benzene rings is 1. The van der Waals surface area contributed by atoms with E-state index < -0.39 is 0 Å². The Morgan fingerprint density at radius 1 is 1.33 bits per heavy atom. The van der Waals surface area contributed by atoms with E-state index in [1.54, 1.807) is 11.8 Å². The molecular weight excluding hydrogens is 170 g/mol. The van der Waals surface area contributed by atoms with E-state index in [1.165, 1.54) is 0 Å². The van der Waals surface area contributed by atoms with Crippen LogP contribution in [0.25, 0.3) is 0 Å². The summed E-state index contributed by atoms with van der Waals surface area (Å²) in [5.74, 6) is 1.92. The van der Waals surface area contributed by atoms with Crippen LogP contribution in [0.4, 0.5) is 0 Å². The first-order chi connectivity index (χ1) is 5.93. The first-order valence-electron chi connectivity index (χ1n) is 3.87. The molecule has 0 aliphatic heterocycles. The van der Waals surface area contributed by atoms with E-state index in [9.17, 15) is 0 Å². The molecule has 1 N–H and O–H groups in total. The molecule has 0 aliphatic carbocycles. The molecular formula is C9H13NOS. The maximum atomic E-state index is 5.24. The van der Waals surface area contributed by atoms with Crippen LogP contribution in [0.2, 0.25) is 0 Å². The molecule has 12 heavy (non-hydrogen) atoms. The van der Waals surface area contributed by atoms with Gasteiger partial charge < -0.3 is 4.84 Å². The molecule has 2 nitrogen and oxygen atoms in total. The molecule has 1 aromatic carbocycles. The summed E-state index contributed by atoms with van der Waals surface area (Å²) in [5.41, 5.74) is 2.88. The van der Waals surface area contributed by atoms with Gasteiger partial charge in [-0.2, -0.15) is 17.2 Å². The Hall–Kier alpha value is -0.670. The van der Waals surface area contributed by atoms with Gasteiger partial charge in [-0.3, -0.25) is 0 Å². The van der Waals surface area contributed by atoms with Crippen molar-refractivity contribution in [3.8, 4) is 5.75 Å². The summed E-state index contributed by atoms with van der Waals surface area (Å²) >= 11 is 1.79. The summed E-state index contributed by atoms with van der Waals surface area (Å²) < 4.78 is 0. The summed E-state index contributed by atoms with van der Waals surface area (Å²) in [6.45, 7) is 0.871. The molecule has 0 heterocycles. The highest BCUT2D eigenvalue weighted by Gasteiger charge is 1.89. The maximum Gasteiger partial charge on any atom is 0.147 e. The molecule has 0 fully saturated rings. The van der Waals surface area contributed by atoms with Gasteiger partial charge in [0.25, 0.3) is 0 Å². The minimum atomic E-state index is 0.860. The fraction of sp³-hybridized carbons (Fsp3) is 0.333. The molecule has 0 aliphatic rings. The first-order valence-corrected chi connectivity index (χ1v) is 5.26. The van der Waals surface area contributed by atoms with E-state index in [0.717, 1.165) is 18.0 Å². The highest BCUT2D eigenvalue weighted by atomic mass is 32.2. The van der Waals surface area contributed by atoms with Crippen molar-refractivity contribution in [1.29, 1.82) is 0 Å². The van der Waals surface area contributed by atoms with Crippen LogP contribution in [-0.4, -0.2) is 18.6 Å². The van der Waals surface area contributed by atoms with Gasteiger partial charge in [0.2, 0.25) is 0 Å². The lowest BCUT2D eigenvalue weighted by Gasteiger charge is -2.04. The van der Waals surface area contributed by atoms with Crippen molar-refractivity contribution in [3.63, 3.8) is 0 Å². The SMILES string of the molecule is CSCCNOc1ccccc1. The number of hydroxylamine groups is 1. The minimum Gasteiger partial charge on any atom is -0.409 e. The zero-order valence-corrected chi connectivity index (χ0v) is 7.93. The van der Waals surface area contributed by atoms with Gasteiger partial charge in [0.05, 0.1) is 0 Å². The van der Waals surface area contributed by atoms with Crippen molar-refractivity contribution in [2.75, 3.05) is 18.6 Å². The molecule has 0 bridgehead atoms. The zero-order valence-electron chi connectivity index (χ0n) is 7.12. The second kappa shape index (κ2) is 5.91. The zero-order chi connectivity index (χ0) is 8.65. The van der Waals surface area contributed by atoms with Gasteiger partial charge in [0.1, 0.15) is 5.75 Å².